The van der Waals surface area contributed by atoms with E-state index in [1.54, 1.807) is 0 Å². The van der Waals surface area contributed by atoms with Crippen LogP contribution in [0, 0.1) is 5.92 Å². The van der Waals surface area contributed by atoms with Gasteiger partial charge in [0.2, 0.25) is 0 Å². The third-order valence-corrected chi connectivity index (χ3v) is 5.55. The molecule has 0 spiro atoms. The standard InChI is InChI=1S/C16H20ClN3O/c1-16(2)14(10-5-7-20(16)8-6-10)18-15-12-4-3-11(17)9-13(12)21-19-15/h3-4,9-10,14H,5-8H2,1-2H3,(H,18,19)/t14-/m1/s1. The Balaban J connectivity index is 1.68. The maximum absolute atomic E-state index is 6.00. The number of hydrogen-bond acceptors (Lipinski definition) is 4. The number of hydrogen-bond donors (Lipinski definition) is 1. The average Bonchev–Trinajstić information content (AvgIpc) is 2.85. The fraction of sp³-hybridized carbons (Fsp3) is 0.562. The lowest BCUT2D eigenvalue weighted by Crippen LogP contribution is -2.66. The molecule has 3 aliphatic rings. The topological polar surface area (TPSA) is 41.3 Å². The van der Waals surface area contributed by atoms with Gasteiger partial charge in [0.25, 0.3) is 0 Å². The van der Waals surface area contributed by atoms with Gasteiger partial charge in [-0.3, -0.25) is 4.90 Å². The van der Waals surface area contributed by atoms with Crippen LogP contribution in [0.2, 0.25) is 5.02 Å². The Kier molecular flexibility index (Phi) is 2.95. The molecule has 5 heteroatoms. The third-order valence-electron chi connectivity index (χ3n) is 5.31. The molecule has 0 aliphatic carbocycles. The lowest BCUT2D eigenvalue weighted by Gasteiger charge is -2.56. The van der Waals surface area contributed by atoms with Crippen molar-refractivity contribution in [1.29, 1.82) is 0 Å². The van der Waals surface area contributed by atoms with E-state index >= 15 is 0 Å². The Labute approximate surface area is 129 Å². The molecule has 1 aromatic carbocycles. The predicted molar refractivity (Wildman–Crippen MR) is 84.8 cm³/mol. The molecule has 5 rings (SSSR count). The second-order valence-electron chi connectivity index (χ2n) is 6.77. The van der Waals surface area contributed by atoms with E-state index in [0.717, 1.165) is 16.8 Å². The highest BCUT2D eigenvalue weighted by atomic mass is 35.5. The van der Waals surface area contributed by atoms with E-state index in [1.165, 1.54) is 25.9 Å². The fourth-order valence-electron chi connectivity index (χ4n) is 4.04. The first-order chi connectivity index (χ1) is 10.1. The summed E-state index contributed by atoms with van der Waals surface area (Å²) in [6.07, 6.45) is 2.53. The highest BCUT2D eigenvalue weighted by Crippen LogP contribution is 2.41. The predicted octanol–water partition coefficient (Wildman–Crippen LogP) is 3.77. The van der Waals surface area contributed by atoms with Crippen LogP contribution < -0.4 is 5.32 Å². The highest BCUT2D eigenvalue weighted by molar-refractivity contribution is 6.31. The molecule has 4 heterocycles. The number of nitrogens with one attached hydrogen (secondary N) is 1. The first kappa shape index (κ1) is 13.4. The van der Waals surface area contributed by atoms with Crippen molar-refractivity contribution in [3.05, 3.63) is 23.2 Å². The molecule has 2 aromatic rings. The van der Waals surface area contributed by atoms with Crippen molar-refractivity contribution >= 4 is 28.4 Å². The zero-order valence-corrected chi connectivity index (χ0v) is 13.2. The summed E-state index contributed by atoms with van der Waals surface area (Å²) in [5, 5.41) is 9.55. The lowest BCUT2D eigenvalue weighted by atomic mass is 9.72. The van der Waals surface area contributed by atoms with Crippen molar-refractivity contribution < 1.29 is 4.52 Å². The van der Waals surface area contributed by atoms with Crippen molar-refractivity contribution in [1.82, 2.24) is 10.1 Å². The van der Waals surface area contributed by atoms with Gasteiger partial charge in [0.05, 0.1) is 5.39 Å². The summed E-state index contributed by atoms with van der Waals surface area (Å²) in [7, 11) is 0. The quantitative estimate of drug-likeness (QED) is 0.917. The van der Waals surface area contributed by atoms with Gasteiger partial charge in [-0.25, -0.2) is 0 Å². The number of rotatable bonds is 2. The van der Waals surface area contributed by atoms with Crippen molar-refractivity contribution in [3.63, 3.8) is 0 Å². The van der Waals surface area contributed by atoms with Gasteiger partial charge >= 0.3 is 0 Å². The Bertz CT molecular complexity index is 673. The van der Waals surface area contributed by atoms with Crippen molar-refractivity contribution in [2.45, 2.75) is 38.3 Å². The molecule has 0 unspecified atom stereocenters. The van der Waals surface area contributed by atoms with E-state index in [4.69, 9.17) is 16.1 Å². The largest absolute Gasteiger partial charge is 0.362 e. The van der Waals surface area contributed by atoms with Crippen molar-refractivity contribution in [2.75, 3.05) is 18.4 Å². The van der Waals surface area contributed by atoms with E-state index in [2.05, 4.69) is 29.2 Å². The van der Waals surface area contributed by atoms with Gasteiger partial charge in [0, 0.05) is 22.7 Å². The molecule has 3 saturated heterocycles. The molecule has 1 aromatic heterocycles. The van der Waals surface area contributed by atoms with Crippen LogP contribution in [0.15, 0.2) is 22.7 Å². The SMILES string of the molecule is CC1(C)[C@H](Nc2noc3cc(Cl)ccc23)C2CCN1CC2. The summed E-state index contributed by atoms with van der Waals surface area (Å²) < 4.78 is 5.41. The summed E-state index contributed by atoms with van der Waals surface area (Å²) >= 11 is 6.00. The van der Waals surface area contributed by atoms with Crippen molar-refractivity contribution in [3.8, 4) is 0 Å². The van der Waals surface area contributed by atoms with Crippen LogP contribution in [0.5, 0.6) is 0 Å². The minimum absolute atomic E-state index is 0.152. The van der Waals surface area contributed by atoms with Crippen LogP contribution in [0.3, 0.4) is 0 Å². The molecule has 1 atom stereocenters. The average molecular weight is 306 g/mol. The maximum atomic E-state index is 6.00. The normalized spacial score (nSPS) is 30.7. The lowest BCUT2D eigenvalue weighted by molar-refractivity contribution is -0.0189. The number of piperidine rings is 3. The molecule has 0 radical (unpaired) electrons. The minimum atomic E-state index is 0.152. The van der Waals surface area contributed by atoms with Gasteiger partial charge in [0.15, 0.2) is 11.4 Å². The summed E-state index contributed by atoms with van der Waals surface area (Å²) in [6.45, 7) is 7.08. The van der Waals surface area contributed by atoms with Gasteiger partial charge in [-0.05, 0) is 57.8 Å². The Morgan fingerprint density at radius 3 is 2.81 bits per heavy atom. The van der Waals surface area contributed by atoms with E-state index in [0.29, 0.717) is 17.0 Å². The summed E-state index contributed by atoms with van der Waals surface area (Å²) in [5.74, 6) is 1.55. The summed E-state index contributed by atoms with van der Waals surface area (Å²) in [6, 6.07) is 6.08. The molecule has 0 amide bonds. The van der Waals surface area contributed by atoms with Gasteiger partial charge in [-0.1, -0.05) is 16.8 Å². The number of benzene rings is 1. The zero-order chi connectivity index (χ0) is 14.6. The number of nitrogens with zero attached hydrogens (tertiary/aromatic N) is 2. The van der Waals surface area contributed by atoms with Gasteiger partial charge in [-0.2, -0.15) is 0 Å². The maximum Gasteiger partial charge on any atom is 0.177 e. The van der Waals surface area contributed by atoms with Gasteiger partial charge < -0.3 is 9.84 Å². The minimum Gasteiger partial charge on any atom is -0.362 e. The number of aromatic nitrogens is 1. The molecule has 112 valence electrons. The number of anilines is 1. The molecule has 21 heavy (non-hydrogen) atoms. The Hall–Kier alpha value is -1.26. The molecule has 2 bridgehead atoms. The summed E-state index contributed by atoms with van der Waals surface area (Å²) in [4.78, 5) is 2.59. The molecule has 4 nitrogen and oxygen atoms in total. The van der Waals surface area contributed by atoms with E-state index in [-0.39, 0.29) is 5.54 Å². The smallest absolute Gasteiger partial charge is 0.177 e. The van der Waals surface area contributed by atoms with Crippen molar-refractivity contribution in [2.24, 2.45) is 5.92 Å². The molecule has 3 aliphatic heterocycles. The molecular formula is C16H20ClN3O. The van der Waals surface area contributed by atoms with Crippen LogP contribution in [0.1, 0.15) is 26.7 Å². The summed E-state index contributed by atoms with van der Waals surface area (Å²) in [5.41, 5.74) is 0.892. The van der Waals surface area contributed by atoms with Gasteiger partial charge in [0.1, 0.15) is 0 Å². The van der Waals surface area contributed by atoms with Crippen LogP contribution in [-0.2, 0) is 0 Å². The van der Waals surface area contributed by atoms with Gasteiger partial charge in [-0.15, -0.1) is 0 Å². The molecular weight excluding hydrogens is 286 g/mol. The molecule has 0 saturated carbocycles. The first-order valence-corrected chi connectivity index (χ1v) is 8.00. The van der Waals surface area contributed by atoms with E-state index < -0.39 is 0 Å². The number of halogens is 1. The second-order valence-corrected chi connectivity index (χ2v) is 7.21. The zero-order valence-electron chi connectivity index (χ0n) is 12.4. The fourth-order valence-corrected chi connectivity index (χ4v) is 4.20. The molecule has 3 fully saturated rings. The third kappa shape index (κ3) is 2.04. The monoisotopic (exact) mass is 305 g/mol. The van der Waals surface area contributed by atoms with E-state index in [9.17, 15) is 0 Å². The second kappa shape index (κ2) is 4.62. The van der Waals surface area contributed by atoms with Crippen LogP contribution in [0.25, 0.3) is 11.0 Å². The van der Waals surface area contributed by atoms with E-state index in [1.807, 2.05) is 18.2 Å². The Morgan fingerprint density at radius 2 is 2.10 bits per heavy atom. The molecule has 1 N–H and O–H groups in total. The highest BCUT2D eigenvalue weighted by Gasteiger charge is 2.47. The van der Waals surface area contributed by atoms with Crippen LogP contribution in [-0.4, -0.2) is 34.7 Å². The van der Waals surface area contributed by atoms with Crippen LogP contribution in [0.4, 0.5) is 5.82 Å². The number of fused-ring (bicyclic) bond motifs is 4. The van der Waals surface area contributed by atoms with Crippen LogP contribution >= 0.6 is 11.6 Å². The Morgan fingerprint density at radius 1 is 1.33 bits per heavy atom. The first-order valence-electron chi connectivity index (χ1n) is 7.62.